The van der Waals surface area contributed by atoms with Crippen LogP contribution in [-0.4, -0.2) is 33.8 Å². The third-order valence-corrected chi connectivity index (χ3v) is 1.24. The minimum Gasteiger partial charge on any atom is -0.353 e. The SMILES string of the molecule is NCCNC(=O)Cn1cncn1. The van der Waals surface area contributed by atoms with Gasteiger partial charge in [-0.2, -0.15) is 5.10 Å². The molecule has 1 heterocycles. The van der Waals surface area contributed by atoms with E-state index in [2.05, 4.69) is 15.4 Å². The molecule has 0 bridgehead atoms. The Morgan fingerprint density at radius 1 is 1.67 bits per heavy atom. The maximum Gasteiger partial charge on any atom is 0.241 e. The third kappa shape index (κ3) is 2.67. The van der Waals surface area contributed by atoms with Crippen molar-refractivity contribution in [3.05, 3.63) is 12.7 Å². The summed E-state index contributed by atoms with van der Waals surface area (Å²) in [5, 5.41) is 6.40. The zero-order valence-electron chi connectivity index (χ0n) is 6.60. The van der Waals surface area contributed by atoms with Crippen LogP contribution in [0.5, 0.6) is 0 Å². The van der Waals surface area contributed by atoms with E-state index in [9.17, 15) is 4.79 Å². The van der Waals surface area contributed by atoms with Crippen molar-refractivity contribution < 1.29 is 4.79 Å². The molecular weight excluding hydrogens is 158 g/mol. The second kappa shape index (κ2) is 4.45. The monoisotopic (exact) mass is 169 g/mol. The van der Waals surface area contributed by atoms with Crippen molar-refractivity contribution in [2.75, 3.05) is 13.1 Å². The summed E-state index contributed by atoms with van der Waals surface area (Å²) < 4.78 is 1.45. The lowest BCUT2D eigenvalue weighted by Gasteiger charge is -2.01. The van der Waals surface area contributed by atoms with E-state index < -0.39 is 0 Å². The lowest BCUT2D eigenvalue weighted by molar-refractivity contribution is -0.121. The Hall–Kier alpha value is -1.43. The van der Waals surface area contributed by atoms with Gasteiger partial charge < -0.3 is 11.1 Å². The van der Waals surface area contributed by atoms with Crippen LogP contribution in [0.4, 0.5) is 0 Å². The lowest BCUT2D eigenvalue weighted by Crippen LogP contribution is -2.31. The van der Waals surface area contributed by atoms with Crippen LogP contribution in [0.25, 0.3) is 0 Å². The normalized spacial score (nSPS) is 9.75. The topological polar surface area (TPSA) is 85.8 Å². The van der Waals surface area contributed by atoms with E-state index in [1.165, 1.54) is 17.3 Å². The molecule has 1 rings (SSSR count). The summed E-state index contributed by atoms with van der Waals surface area (Å²) in [6.07, 6.45) is 2.87. The molecule has 12 heavy (non-hydrogen) atoms. The fraction of sp³-hybridized carbons (Fsp3) is 0.500. The molecule has 0 unspecified atom stereocenters. The van der Waals surface area contributed by atoms with Gasteiger partial charge in [0.2, 0.25) is 5.91 Å². The Morgan fingerprint density at radius 3 is 3.08 bits per heavy atom. The highest BCUT2D eigenvalue weighted by Crippen LogP contribution is 1.79. The molecule has 0 aromatic carbocycles. The molecule has 0 fully saturated rings. The Morgan fingerprint density at radius 2 is 2.50 bits per heavy atom. The van der Waals surface area contributed by atoms with Gasteiger partial charge in [-0.3, -0.25) is 4.79 Å². The number of nitrogens with one attached hydrogen (secondary N) is 1. The molecule has 3 N–H and O–H groups in total. The van der Waals surface area contributed by atoms with Crippen molar-refractivity contribution in [1.82, 2.24) is 20.1 Å². The fourth-order valence-corrected chi connectivity index (χ4v) is 0.729. The number of amides is 1. The zero-order chi connectivity index (χ0) is 8.81. The first-order valence-corrected chi connectivity index (χ1v) is 3.62. The van der Waals surface area contributed by atoms with Gasteiger partial charge in [-0.05, 0) is 0 Å². The van der Waals surface area contributed by atoms with Gasteiger partial charge in [0.25, 0.3) is 0 Å². The summed E-state index contributed by atoms with van der Waals surface area (Å²) in [6.45, 7) is 1.14. The first kappa shape index (κ1) is 8.66. The lowest BCUT2D eigenvalue weighted by atomic mass is 10.5. The molecule has 0 aliphatic heterocycles. The van der Waals surface area contributed by atoms with Gasteiger partial charge in [-0.1, -0.05) is 0 Å². The molecule has 1 aromatic rings. The van der Waals surface area contributed by atoms with Crippen LogP contribution in [0.3, 0.4) is 0 Å². The van der Waals surface area contributed by atoms with Gasteiger partial charge >= 0.3 is 0 Å². The molecule has 0 aliphatic rings. The van der Waals surface area contributed by atoms with E-state index in [0.717, 1.165) is 0 Å². The average molecular weight is 169 g/mol. The fourth-order valence-electron chi connectivity index (χ4n) is 0.729. The van der Waals surface area contributed by atoms with Gasteiger partial charge in [0, 0.05) is 13.1 Å². The van der Waals surface area contributed by atoms with E-state index in [4.69, 9.17) is 5.73 Å². The van der Waals surface area contributed by atoms with Crippen molar-refractivity contribution in [2.24, 2.45) is 5.73 Å². The minimum atomic E-state index is -0.106. The summed E-state index contributed by atoms with van der Waals surface area (Å²) in [5.41, 5.74) is 5.20. The number of hydrogen-bond donors (Lipinski definition) is 2. The Bertz CT molecular complexity index is 232. The van der Waals surface area contributed by atoms with Crippen LogP contribution in [0.1, 0.15) is 0 Å². The van der Waals surface area contributed by atoms with Crippen molar-refractivity contribution >= 4 is 5.91 Å². The molecule has 0 saturated carbocycles. The highest BCUT2D eigenvalue weighted by atomic mass is 16.2. The van der Waals surface area contributed by atoms with Gasteiger partial charge in [-0.25, -0.2) is 9.67 Å². The Balaban J connectivity index is 2.27. The Labute approximate surface area is 69.8 Å². The van der Waals surface area contributed by atoms with Crippen molar-refractivity contribution in [3.8, 4) is 0 Å². The van der Waals surface area contributed by atoms with E-state index in [1.807, 2.05) is 0 Å². The molecule has 0 aliphatic carbocycles. The first-order valence-electron chi connectivity index (χ1n) is 3.62. The van der Waals surface area contributed by atoms with Gasteiger partial charge in [0.15, 0.2) is 0 Å². The van der Waals surface area contributed by atoms with Gasteiger partial charge in [-0.15, -0.1) is 0 Å². The van der Waals surface area contributed by atoms with Crippen molar-refractivity contribution in [3.63, 3.8) is 0 Å². The smallest absolute Gasteiger partial charge is 0.241 e. The van der Waals surface area contributed by atoms with E-state index in [0.29, 0.717) is 13.1 Å². The average Bonchev–Trinajstić information content (AvgIpc) is 2.53. The Kier molecular flexibility index (Phi) is 3.21. The molecule has 0 radical (unpaired) electrons. The number of hydrogen-bond acceptors (Lipinski definition) is 4. The number of nitrogens with zero attached hydrogens (tertiary/aromatic N) is 3. The number of aromatic nitrogens is 3. The van der Waals surface area contributed by atoms with Crippen LogP contribution < -0.4 is 11.1 Å². The molecule has 1 amide bonds. The molecule has 6 nitrogen and oxygen atoms in total. The van der Waals surface area contributed by atoms with E-state index in [-0.39, 0.29) is 12.5 Å². The highest BCUT2D eigenvalue weighted by molar-refractivity contribution is 5.75. The summed E-state index contributed by atoms with van der Waals surface area (Å²) in [7, 11) is 0. The first-order chi connectivity index (χ1) is 5.83. The van der Waals surface area contributed by atoms with E-state index >= 15 is 0 Å². The summed E-state index contributed by atoms with van der Waals surface area (Å²) in [6, 6.07) is 0. The predicted molar refractivity (Wildman–Crippen MR) is 42.1 cm³/mol. The molecule has 0 spiro atoms. The zero-order valence-corrected chi connectivity index (χ0v) is 6.60. The second-order valence-electron chi connectivity index (χ2n) is 2.23. The van der Waals surface area contributed by atoms with Gasteiger partial charge in [0.1, 0.15) is 19.2 Å². The predicted octanol–water partition coefficient (Wildman–Crippen LogP) is -1.65. The molecule has 0 atom stereocenters. The number of rotatable bonds is 4. The molecule has 1 aromatic heterocycles. The highest BCUT2D eigenvalue weighted by Gasteiger charge is 2.00. The summed E-state index contributed by atoms with van der Waals surface area (Å²) in [5.74, 6) is -0.106. The molecule has 0 saturated heterocycles. The molecule has 66 valence electrons. The van der Waals surface area contributed by atoms with Crippen molar-refractivity contribution in [2.45, 2.75) is 6.54 Å². The minimum absolute atomic E-state index is 0.106. The second-order valence-corrected chi connectivity index (χ2v) is 2.23. The van der Waals surface area contributed by atoms with Crippen LogP contribution in [0, 0.1) is 0 Å². The maximum atomic E-state index is 11.0. The molecular formula is C6H11N5O. The third-order valence-electron chi connectivity index (χ3n) is 1.24. The van der Waals surface area contributed by atoms with Crippen LogP contribution in [0.2, 0.25) is 0 Å². The quantitative estimate of drug-likeness (QED) is 0.565. The number of nitrogens with two attached hydrogens (primary N) is 1. The van der Waals surface area contributed by atoms with Crippen LogP contribution >= 0.6 is 0 Å². The van der Waals surface area contributed by atoms with E-state index in [1.54, 1.807) is 0 Å². The van der Waals surface area contributed by atoms with Crippen molar-refractivity contribution in [1.29, 1.82) is 0 Å². The number of carbonyl (C=O) groups is 1. The number of carbonyl (C=O) groups excluding carboxylic acids is 1. The van der Waals surface area contributed by atoms with Crippen LogP contribution in [0.15, 0.2) is 12.7 Å². The standard InChI is InChI=1S/C6H11N5O/c7-1-2-9-6(12)3-11-5-8-4-10-11/h4-5H,1-3,7H2,(H,9,12). The van der Waals surface area contributed by atoms with Gasteiger partial charge in [0.05, 0.1) is 0 Å². The molecule has 6 heteroatoms. The summed E-state index contributed by atoms with van der Waals surface area (Å²) in [4.78, 5) is 14.7. The summed E-state index contributed by atoms with van der Waals surface area (Å²) >= 11 is 0. The van der Waals surface area contributed by atoms with Crippen LogP contribution in [-0.2, 0) is 11.3 Å². The largest absolute Gasteiger partial charge is 0.353 e. The maximum absolute atomic E-state index is 11.0.